The summed E-state index contributed by atoms with van der Waals surface area (Å²) in [6, 6.07) is 7.13. The lowest BCUT2D eigenvalue weighted by Crippen LogP contribution is -2.36. The van der Waals surface area contributed by atoms with Gasteiger partial charge >= 0.3 is 0 Å². The van der Waals surface area contributed by atoms with Crippen molar-refractivity contribution in [1.82, 2.24) is 5.32 Å². The quantitative estimate of drug-likeness (QED) is 0.575. The molecule has 1 heterocycles. The maximum atomic E-state index is 12.0. The van der Waals surface area contributed by atoms with Crippen LogP contribution in [0.1, 0.15) is 30.1 Å². The maximum absolute atomic E-state index is 12.0. The van der Waals surface area contributed by atoms with Gasteiger partial charge in [-0.05, 0) is 49.8 Å². The third kappa shape index (κ3) is 3.17. The van der Waals surface area contributed by atoms with Gasteiger partial charge in [-0.1, -0.05) is 0 Å². The van der Waals surface area contributed by atoms with Crippen LogP contribution in [-0.2, 0) is 0 Å². The molecule has 5 heteroatoms. The predicted molar refractivity (Wildman–Crippen MR) is 76.7 cm³/mol. The highest BCUT2D eigenvalue weighted by Crippen LogP contribution is 2.36. The summed E-state index contributed by atoms with van der Waals surface area (Å²) in [6.45, 7) is 2.94. The summed E-state index contributed by atoms with van der Waals surface area (Å²) in [6.07, 6.45) is 2.42. The second-order valence-electron chi connectivity index (χ2n) is 4.81. The largest absolute Gasteiger partial charge is 0.351 e. The molecule has 98 valence electrons. The van der Waals surface area contributed by atoms with Crippen LogP contribution in [0.25, 0.3) is 0 Å². The lowest BCUT2D eigenvalue weighted by molar-refractivity contribution is 0.0950. The Morgan fingerprint density at radius 1 is 1.44 bits per heavy atom. The molecule has 1 saturated heterocycles. The molecule has 0 spiro atoms. The normalized spacial score (nSPS) is 22.8. The van der Waals surface area contributed by atoms with E-state index in [1.54, 1.807) is 24.3 Å². The van der Waals surface area contributed by atoms with Crippen LogP contribution in [0.4, 0.5) is 5.69 Å². The molecule has 4 N–H and O–H groups in total. The predicted octanol–water partition coefficient (Wildman–Crippen LogP) is 1.99. The van der Waals surface area contributed by atoms with Crippen LogP contribution in [0.3, 0.4) is 0 Å². The molecule has 1 fully saturated rings. The maximum Gasteiger partial charge on any atom is 0.251 e. The van der Waals surface area contributed by atoms with Gasteiger partial charge in [-0.25, -0.2) is 0 Å². The number of hydrazine groups is 1. The summed E-state index contributed by atoms with van der Waals surface area (Å²) in [5, 5.41) is 3.01. The van der Waals surface area contributed by atoms with E-state index in [9.17, 15) is 4.79 Å². The fourth-order valence-electron chi connectivity index (χ4n) is 2.06. The minimum atomic E-state index is -0.0210. The summed E-state index contributed by atoms with van der Waals surface area (Å²) in [7, 11) is 0. The number of thioether (sulfide) groups is 1. The van der Waals surface area contributed by atoms with E-state index in [1.807, 2.05) is 11.8 Å². The van der Waals surface area contributed by atoms with Crippen molar-refractivity contribution in [3.8, 4) is 0 Å². The first-order valence-electron chi connectivity index (χ1n) is 6.12. The molecule has 1 aliphatic heterocycles. The van der Waals surface area contributed by atoms with Crippen LogP contribution in [0.15, 0.2) is 24.3 Å². The number of nitrogen functional groups attached to an aromatic ring is 1. The van der Waals surface area contributed by atoms with Gasteiger partial charge in [0.15, 0.2) is 0 Å². The number of hydrogen-bond acceptors (Lipinski definition) is 4. The molecule has 0 bridgehead atoms. The molecule has 4 nitrogen and oxygen atoms in total. The number of carbonyl (C=O) groups excluding carboxylic acids is 1. The first-order valence-corrected chi connectivity index (χ1v) is 7.10. The van der Waals surface area contributed by atoms with Crippen LogP contribution in [0.5, 0.6) is 0 Å². The molecule has 0 radical (unpaired) electrons. The summed E-state index contributed by atoms with van der Waals surface area (Å²) >= 11 is 1.95. The van der Waals surface area contributed by atoms with Crippen molar-refractivity contribution in [2.45, 2.75) is 24.5 Å². The van der Waals surface area contributed by atoms with Crippen LogP contribution in [0, 0.1) is 0 Å². The first kappa shape index (κ1) is 13.2. The Hall–Kier alpha value is -1.20. The molecule has 1 amide bonds. The van der Waals surface area contributed by atoms with Crippen molar-refractivity contribution < 1.29 is 4.79 Å². The van der Waals surface area contributed by atoms with Crippen molar-refractivity contribution in [2.75, 3.05) is 17.7 Å². The number of hydrogen-bond donors (Lipinski definition) is 3. The monoisotopic (exact) mass is 265 g/mol. The number of benzene rings is 1. The van der Waals surface area contributed by atoms with E-state index in [4.69, 9.17) is 5.84 Å². The molecule has 18 heavy (non-hydrogen) atoms. The van der Waals surface area contributed by atoms with Gasteiger partial charge in [0.1, 0.15) is 0 Å². The van der Waals surface area contributed by atoms with Gasteiger partial charge < -0.3 is 10.7 Å². The molecule has 1 aromatic carbocycles. The number of nitrogens with one attached hydrogen (secondary N) is 2. The Labute approximate surface area is 112 Å². The van der Waals surface area contributed by atoms with E-state index in [-0.39, 0.29) is 10.7 Å². The van der Waals surface area contributed by atoms with Gasteiger partial charge in [-0.2, -0.15) is 11.8 Å². The van der Waals surface area contributed by atoms with Crippen molar-refractivity contribution in [1.29, 1.82) is 0 Å². The molecule has 0 saturated carbocycles. The second kappa shape index (κ2) is 5.63. The Kier molecular flexibility index (Phi) is 4.14. The highest BCUT2D eigenvalue weighted by atomic mass is 32.2. The number of nitrogens with two attached hydrogens (primary N) is 1. The minimum Gasteiger partial charge on any atom is -0.351 e. The summed E-state index contributed by atoms with van der Waals surface area (Å²) < 4.78 is 0.203. The Morgan fingerprint density at radius 3 is 2.72 bits per heavy atom. The lowest BCUT2D eigenvalue weighted by atomic mass is 10.1. The van der Waals surface area contributed by atoms with E-state index in [0.29, 0.717) is 5.56 Å². The fourth-order valence-corrected chi connectivity index (χ4v) is 3.31. The van der Waals surface area contributed by atoms with Crippen LogP contribution in [0.2, 0.25) is 0 Å². The van der Waals surface area contributed by atoms with E-state index in [2.05, 4.69) is 17.7 Å². The standard InChI is InChI=1S/C13H19N3OS/c1-13(7-2-8-18-13)9-15-12(17)10-3-5-11(16-14)6-4-10/h3-6,16H,2,7-9,14H2,1H3,(H,15,17). The zero-order valence-electron chi connectivity index (χ0n) is 10.5. The van der Waals surface area contributed by atoms with Crippen molar-refractivity contribution >= 4 is 23.4 Å². The Bertz CT molecular complexity index is 413. The van der Waals surface area contributed by atoms with Crippen molar-refractivity contribution in [3.63, 3.8) is 0 Å². The van der Waals surface area contributed by atoms with Crippen molar-refractivity contribution in [3.05, 3.63) is 29.8 Å². The third-order valence-electron chi connectivity index (χ3n) is 3.24. The molecule has 1 aliphatic rings. The Balaban J connectivity index is 1.90. The molecule has 1 unspecified atom stereocenters. The van der Waals surface area contributed by atoms with Gasteiger partial charge in [0.25, 0.3) is 5.91 Å². The number of anilines is 1. The van der Waals surface area contributed by atoms with Gasteiger partial charge in [0.2, 0.25) is 0 Å². The molecular formula is C13H19N3OS. The smallest absolute Gasteiger partial charge is 0.251 e. The van der Waals surface area contributed by atoms with Crippen molar-refractivity contribution in [2.24, 2.45) is 5.84 Å². The number of amides is 1. The van der Waals surface area contributed by atoms with E-state index in [1.165, 1.54) is 18.6 Å². The number of rotatable bonds is 4. The molecule has 0 aliphatic carbocycles. The zero-order valence-corrected chi connectivity index (χ0v) is 11.3. The molecule has 1 aromatic rings. The van der Waals surface area contributed by atoms with E-state index in [0.717, 1.165) is 12.2 Å². The highest BCUT2D eigenvalue weighted by molar-refractivity contribution is 8.00. The van der Waals surface area contributed by atoms with Gasteiger partial charge in [-0.15, -0.1) is 0 Å². The Morgan fingerprint density at radius 2 is 2.17 bits per heavy atom. The fraction of sp³-hybridized carbons (Fsp3) is 0.462. The molecule has 1 atom stereocenters. The van der Waals surface area contributed by atoms with Crippen LogP contribution in [-0.4, -0.2) is 23.0 Å². The zero-order chi connectivity index (χ0) is 13.0. The second-order valence-corrected chi connectivity index (χ2v) is 6.49. The molecular weight excluding hydrogens is 246 g/mol. The number of carbonyl (C=O) groups is 1. The van der Waals surface area contributed by atoms with Gasteiger partial charge in [0.05, 0.1) is 0 Å². The van der Waals surface area contributed by atoms with Gasteiger partial charge in [-0.3, -0.25) is 10.6 Å². The summed E-state index contributed by atoms with van der Waals surface area (Å²) in [5.41, 5.74) is 4.00. The minimum absolute atomic E-state index is 0.0210. The SMILES string of the molecule is CC1(CNC(=O)c2ccc(NN)cc2)CCCS1. The molecule has 2 rings (SSSR count). The van der Waals surface area contributed by atoms with Crippen LogP contribution < -0.4 is 16.6 Å². The topological polar surface area (TPSA) is 67.2 Å². The average molecular weight is 265 g/mol. The average Bonchev–Trinajstić information content (AvgIpc) is 2.83. The van der Waals surface area contributed by atoms with E-state index >= 15 is 0 Å². The highest BCUT2D eigenvalue weighted by Gasteiger charge is 2.29. The summed E-state index contributed by atoms with van der Waals surface area (Å²) in [4.78, 5) is 12.0. The van der Waals surface area contributed by atoms with E-state index < -0.39 is 0 Å². The molecule has 0 aromatic heterocycles. The first-order chi connectivity index (χ1) is 8.63. The lowest BCUT2D eigenvalue weighted by Gasteiger charge is -2.22. The van der Waals surface area contributed by atoms with Crippen LogP contribution >= 0.6 is 11.8 Å². The van der Waals surface area contributed by atoms with Gasteiger partial charge in [0, 0.05) is 22.5 Å². The third-order valence-corrected chi connectivity index (χ3v) is 4.78. The summed E-state index contributed by atoms with van der Waals surface area (Å²) in [5.74, 6) is 6.46.